The Kier molecular flexibility index (Phi) is 5.31. The van der Waals surface area contributed by atoms with Gasteiger partial charge < -0.3 is 10.2 Å². The number of amides is 3. The maximum absolute atomic E-state index is 13.4. The molecule has 2 aliphatic rings. The van der Waals surface area contributed by atoms with Gasteiger partial charge in [0.05, 0.1) is 0 Å². The fourth-order valence-electron chi connectivity index (χ4n) is 4.80. The van der Waals surface area contributed by atoms with Crippen LogP contribution in [0, 0.1) is 0 Å². The zero-order valence-electron chi connectivity index (χ0n) is 17.5. The summed E-state index contributed by atoms with van der Waals surface area (Å²) in [5, 5.41) is 3.67. The number of aromatic nitrogens is 1. The van der Waals surface area contributed by atoms with E-state index in [1.807, 2.05) is 54.6 Å². The summed E-state index contributed by atoms with van der Waals surface area (Å²) < 4.78 is 0. The number of carbonyl (C=O) groups excluding carboxylic acids is 2. The second kappa shape index (κ2) is 8.28. The molecule has 3 amide bonds. The third-order valence-corrected chi connectivity index (χ3v) is 6.55. The molecule has 1 unspecified atom stereocenters. The summed E-state index contributed by atoms with van der Waals surface area (Å²) in [6.45, 7) is 1.41. The fourth-order valence-corrected chi connectivity index (χ4v) is 4.92. The summed E-state index contributed by atoms with van der Waals surface area (Å²) in [5.74, 6) is -0.151. The highest BCUT2D eigenvalue weighted by molar-refractivity contribution is 6.30. The van der Waals surface area contributed by atoms with Crippen molar-refractivity contribution in [3.63, 3.8) is 0 Å². The highest BCUT2D eigenvalue weighted by Crippen LogP contribution is 2.44. The summed E-state index contributed by atoms with van der Waals surface area (Å²) in [4.78, 5) is 34.7. The topological polar surface area (TPSA) is 65.5 Å². The van der Waals surface area contributed by atoms with Gasteiger partial charge in [-0.1, -0.05) is 60.1 Å². The smallest absolute Gasteiger partial charge is 0.319 e. The number of rotatable bonds is 4. The fraction of sp³-hybridized carbons (Fsp3) is 0.240. The molecule has 1 atom stereocenters. The maximum Gasteiger partial charge on any atom is 0.319 e. The van der Waals surface area contributed by atoms with Crippen molar-refractivity contribution in [2.45, 2.75) is 18.5 Å². The summed E-state index contributed by atoms with van der Waals surface area (Å²) >= 11 is 6.14. The second-order valence-corrected chi connectivity index (χ2v) is 8.52. The van der Waals surface area contributed by atoms with Crippen molar-refractivity contribution in [3.05, 3.63) is 100 Å². The lowest BCUT2D eigenvalue weighted by Crippen LogP contribution is -2.60. The molecule has 3 heterocycles. The van der Waals surface area contributed by atoms with Crippen LogP contribution < -0.4 is 5.32 Å². The van der Waals surface area contributed by atoms with Gasteiger partial charge in [-0.15, -0.1) is 0 Å². The molecule has 2 aliphatic heterocycles. The number of hydrogen-bond donors (Lipinski definition) is 1. The monoisotopic (exact) mass is 446 g/mol. The number of hydrogen-bond acceptors (Lipinski definition) is 3. The van der Waals surface area contributed by atoms with Crippen LogP contribution in [0.15, 0.2) is 72.9 Å². The Hall–Kier alpha value is -3.38. The normalized spacial score (nSPS) is 19.5. The van der Waals surface area contributed by atoms with Crippen molar-refractivity contribution in [1.29, 1.82) is 0 Å². The molecule has 162 valence electrons. The van der Waals surface area contributed by atoms with Gasteiger partial charge in [0, 0.05) is 37.3 Å². The van der Waals surface area contributed by atoms with Crippen LogP contribution in [0.2, 0.25) is 5.02 Å². The predicted octanol–water partition coefficient (Wildman–Crippen LogP) is 3.85. The summed E-state index contributed by atoms with van der Waals surface area (Å²) in [6.07, 6.45) is 2.86. The van der Waals surface area contributed by atoms with Crippen molar-refractivity contribution >= 4 is 23.5 Å². The minimum atomic E-state index is -0.908. The Morgan fingerprint density at radius 2 is 1.81 bits per heavy atom. The zero-order chi connectivity index (χ0) is 22.1. The lowest BCUT2D eigenvalue weighted by atomic mass is 9.85. The molecule has 0 bridgehead atoms. The van der Waals surface area contributed by atoms with Crippen molar-refractivity contribution < 1.29 is 9.59 Å². The second-order valence-electron chi connectivity index (χ2n) is 8.09. The number of halogens is 1. The highest BCUT2D eigenvalue weighted by Gasteiger charge is 2.56. The molecule has 3 aromatic rings. The molecule has 7 heteroatoms. The number of urea groups is 1. The van der Waals surface area contributed by atoms with Crippen molar-refractivity contribution in [1.82, 2.24) is 20.1 Å². The molecule has 0 aliphatic carbocycles. The first kappa shape index (κ1) is 20.5. The van der Waals surface area contributed by atoms with Gasteiger partial charge in [-0.3, -0.25) is 14.7 Å². The van der Waals surface area contributed by atoms with Gasteiger partial charge in [0.25, 0.3) is 5.91 Å². The van der Waals surface area contributed by atoms with Crippen LogP contribution in [0.25, 0.3) is 0 Å². The molecule has 2 aromatic carbocycles. The number of pyridine rings is 1. The maximum atomic E-state index is 13.4. The quantitative estimate of drug-likeness (QED) is 0.662. The van der Waals surface area contributed by atoms with Gasteiger partial charge in [0.2, 0.25) is 0 Å². The average Bonchev–Trinajstić information content (AvgIpc) is 3.21. The Labute approximate surface area is 191 Å². The van der Waals surface area contributed by atoms with Crippen LogP contribution >= 0.6 is 11.6 Å². The standard InChI is InChI=1S/C25H23ClN4O2/c26-21-10-8-20(9-11-21)25-17-19-7-4-13-27-22(19)23(31)29(25)15-16-30(25)24(32)28-14-12-18-5-2-1-3-6-18/h1-11,13H,12,14-17H2,(H,28,32). The van der Waals surface area contributed by atoms with E-state index in [2.05, 4.69) is 10.3 Å². The van der Waals surface area contributed by atoms with Gasteiger partial charge >= 0.3 is 6.03 Å². The zero-order valence-corrected chi connectivity index (χ0v) is 18.3. The van der Waals surface area contributed by atoms with Gasteiger partial charge in [-0.25, -0.2) is 4.79 Å². The van der Waals surface area contributed by atoms with Gasteiger partial charge in [-0.05, 0) is 41.3 Å². The summed E-state index contributed by atoms with van der Waals surface area (Å²) in [5.41, 5.74) is 2.42. The number of fused-ring (bicyclic) bond motifs is 2. The lowest BCUT2D eigenvalue weighted by Gasteiger charge is -2.46. The minimum absolute atomic E-state index is 0.151. The van der Waals surface area contributed by atoms with E-state index in [9.17, 15) is 9.59 Å². The number of nitrogens with zero attached hydrogens (tertiary/aromatic N) is 3. The number of carbonyl (C=O) groups is 2. The van der Waals surface area contributed by atoms with Crippen LogP contribution in [-0.4, -0.2) is 46.4 Å². The van der Waals surface area contributed by atoms with Gasteiger partial charge in [-0.2, -0.15) is 0 Å². The summed E-state index contributed by atoms with van der Waals surface area (Å²) in [6, 6.07) is 21.0. The molecular weight excluding hydrogens is 424 g/mol. The van der Waals surface area contributed by atoms with Crippen molar-refractivity contribution in [2.75, 3.05) is 19.6 Å². The third kappa shape index (κ3) is 3.41. The number of benzene rings is 2. The Morgan fingerprint density at radius 1 is 1.03 bits per heavy atom. The first-order chi connectivity index (χ1) is 15.6. The van der Waals surface area contributed by atoms with Crippen LogP contribution in [0.3, 0.4) is 0 Å². The third-order valence-electron chi connectivity index (χ3n) is 6.30. The van der Waals surface area contributed by atoms with Crippen molar-refractivity contribution in [3.8, 4) is 0 Å². The molecule has 1 N–H and O–H groups in total. The molecule has 0 spiro atoms. The SMILES string of the molecule is O=C(NCCc1ccccc1)N1CCN2C(=O)c3ncccc3CC12c1ccc(Cl)cc1. The van der Waals surface area contributed by atoms with E-state index in [0.717, 1.165) is 23.1 Å². The average molecular weight is 447 g/mol. The van der Waals surface area contributed by atoms with Crippen LogP contribution in [0.4, 0.5) is 4.79 Å². The van der Waals surface area contributed by atoms with E-state index in [1.165, 1.54) is 0 Å². The Balaban J connectivity index is 1.48. The molecule has 1 saturated heterocycles. The largest absolute Gasteiger partial charge is 0.338 e. The summed E-state index contributed by atoms with van der Waals surface area (Å²) in [7, 11) is 0. The molecule has 5 rings (SSSR count). The van der Waals surface area contributed by atoms with Gasteiger partial charge in [0.1, 0.15) is 11.4 Å². The van der Waals surface area contributed by atoms with E-state index < -0.39 is 5.66 Å². The first-order valence-electron chi connectivity index (χ1n) is 10.7. The van der Waals surface area contributed by atoms with E-state index in [1.54, 1.807) is 28.1 Å². The lowest BCUT2D eigenvalue weighted by molar-refractivity contribution is 0.0196. The van der Waals surface area contributed by atoms with E-state index in [-0.39, 0.29) is 11.9 Å². The van der Waals surface area contributed by atoms with Crippen LogP contribution in [0.5, 0.6) is 0 Å². The number of nitrogens with one attached hydrogen (secondary N) is 1. The highest BCUT2D eigenvalue weighted by atomic mass is 35.5. The van der Waals surface area contributed by atoms with Gasteiger partial charge in [0.15, 0.2) is 0 Å². The molecule has 0 radical (unpaired) electrons. The molecule has 32 heavy (non-hydrogen) atoms. The van der Waals surface area contributed by atoms with Crippen LogP contribution in [0.1, 0.15) is 27.2 Å². The Morgan fingerprint density at radius 3 is 2.59 bits per heavy atom. The minimum Gasteiger partial charge on any atom is -0.338 e. The molecular formula is C25H23ClN4O2. The van der Waals surface area contributed by atoms with Crippen molar-refractivity contribution in [2.24, 2.45) is 0 Å². The van der Waals surface area contributed by atoms with E-state index in [0.29, 0.717) is 36.8 Å². The van der Waals surface area contributed by atoms with E-state index >= 15 is 0 Å². The first-order valence-corrected chi connectivity index (χ1v) is 11.1. The molecule has 0 saturated carbocycles. The van der Waals surface area contributed by atoms with E-state index in [4.69, 9.17) is 11.6 Å². The Bertz CT molecular complexity index is 1150. The van der Waals surface area contributed by atoms with Crippen LogP contribution in [-0.2, 0) is 18.5 Å². The predicted molar refractivity (Wildman–Crippen MR) is 122 cm³/mol. The molecule has 1 fully saturated rings. The molecule has 6 nitrogen and oxygen atoms in total. The molecule has 1 aromatic heterocycles.